The van der Waals surface area contributed by atoms with E-state index in [0.717, 1.165) is 86.8 Å². The standard InChI is InChI=1S/C20H19BrClNO3.C19H17BrClNO3/c1-3-26-20(24)19-16(22)8-9-17(23-19)14-6-4-5-13(14)15-11-12(21)7-10-18(15)25-2;1-2-25-19(24)18-15(21)7-8-16(22-18)13-5-3-4-12(13)14-10-11(20)6-9-17(14)23/h7-11H,3-6H2,1-2H3;6-10,23H,2-5H2,1H3. The van der Waals surface area contributed by atoms with Crippen molar-refractivity contribution in [3.63, 3.8) is 0 Å². The molecule has 2 aromatic heterocycles. The summed E-state index contributed by atoms with van der Waals surface area (Å²) in [7, 11) is 1.67. The Morgan fingerprint density at radius 3 is 1.63 bits per heavy atom. The molecule has 0 unspecified atom stereocenters. The van der Waals surface area contributed by atoms with Crippen LogP contribution in [0.4, 0.5) is 0 Å². The fraction of sp³-hybridized carbons (Fsp3) is 0.282. The van der Waals surface area contributed by atoms with E-state index in [1.54, 1.807) is 51.3 Å². The minimum Gasteiger partial charge on any atom is -0.507 e. The molecule has 4 aromatic rings. The van der Waals surface area contributed by atoms with E-state index in [9.17, 15) is 14.7 Å². The molecule has 2 aliphatic rings. The zero-order valence-corrected chi connectivity index (χ0v) is 33.0. The molecule has 12 heteroatoms. The van der Waals surface area contributed by atoms with Crippen molar-refractivity contribution in [3.05, 3.63) is 114 Å². The van der Waals surface area contributed by atoms with Crippen LogP contribution in [0.25, 0.3) is 22.3 Å². The van der Waals surface area contributed by atoms with Gasteiger partial charge in [0.15, 0.2) is 11.4 Å². The molecule has 0 radical (unpaired) electrons. The van der Waals surface area contributed by atoms with E-state index in [4.69, 9.17) is 37.4 Å². The number of rotatable bonds is 9. The number of phenolic OH excluding ortho intramolecular Hbond substituents is 1. The summed E-state index contributed by atoms with van der Waals surface area (Å²) < 4.78 is 17.5. The SMILES string of the molecule is CCOC(=O)c1nc(C2=C(c3cc(Br)ccc3O)CCC2)ccc1Cl.CCOC(=O)c1nc(C2=C(c3cc(Br)ccc3OC)CCC2)ccc1Cl. The Balaban J connectivity index is 0.000000198. The molecular formula is C39H36Br2Cl2N2O6. The smallest absolute Gasteiger partial charge is 0.358 e. The molecule has 0 bridgehead atoms. The molecule has 0 fully saturated rings. The molecule has 2 aliphatic carbocycles. The van der Waals surface area contributed by atoms with Gasteiger partial charge in [0.2, 0.25) is 0 Å². The molecule has 0 amide bonds. The van der Waals surface area contributed by atoms with Gasteiger partial charge in [0, 0.05) is 20.1 Å². The molecule has 0 atom stereocenters. The van der Waals surface area contributed by atoms with Gasteiger partial charge in [-0.1, -0.05) is 55.1 Å². The van der Waals surface area contributed by atoms with Gasteiger partial charge in [-0.25, -0.2) is 19.6 Å². The number of allylic oxidation sites excluding steroid dienone is 4. The second-order valence-electron chi connectivity index (χ2n) is 11.6. The highest BCUT2D eigenvalue weighted by Gasteiger charge is 2.25. The maximum atomic E-state index is 12.1. The number of esters is 2. The molecule has 2 heterocycles. The third kappa shape index (κ3) is 9.03. The van der Waals surface area contributed by atoms with Crippen LogP contribution in [0.3, 0.4) is 0 Å². The Hall–Kier alpha value is -3.70. The van der Waals surface area contributed by atoms with Gasteiger partial charge in [-0.15, -0.1) is 0 Å². The number of methoxy groups -OCH3 is 1. The first kappa shape index (κ1) is 38.5. The molecule has 0 spiro atoms. The van der Waals surface area contributed by atoms with Crippen LogP contribution < -0.4 is 4.74 Å². The summed E-state index contributed by atoms with van der Waals surface area (Å²) in [6.45, 7) is 4.04. The maximum absolute atomic E-state index is 12.1. The van der Waals surface area contributed by atoms with Gasteiger partial charge in [-0.05, 0) is 135 Å². The number of benzene rings is 2. The third-order valence-corrected chi connectivity index (χ3v) is 10.1. The summed E-state index contributed by atoms with van der Waals surface area (Å²) in [5.41, 5.74) is 7.94. The van der Waals surface area contributed by atoms with Crippen LogP contribution in [0.2, 0.25) is 10.0 Å². The molecule has 2 aromatic carbocycles. The molecule has 1 N–H and O–H groups in total. The predicted molar refractivity (Wildman–Crippen MR) is 208 cm³/mol. The van der Waals surface area contributed by atoms with E-state index in [-0.39, 0.29) is 35.4 Å². The summed E-state index contributed by atoms with van der Waals surface area (Å²) in [4.78, 5) is 33.1. The average molecular weight is 859 g/mol. The maximum Gasteiger partial charge on any atom is 0.358 e. The second kappa shape index (κ2) is 17.7. The Morgan fingerprint density at radius 1 is 0.686 bits per heavy atom. The number of hydrogen-bond donors (Lipinski definition) is 1. The van der Waals surface area contributed by atoms with Crippen molar-refractivity contribution >= 4 is 89.3 Å². The molecule has 6 rings (SSSR count). The van der Waals surface area contributed by atoms with Gasteiger partial charge in [0.05, 0.1) is 41.8 Å². The summed E-state index contributed by atoms with van der Waals surface area (Å²) in [5, 5.41) is 10.8. The van der Waals surface area contributed by atoms with Crippen LogP contribution in [0.1, 0.15) is 95.9 Å². The Morgan fingerprint density at radius 2 is 1.14 bits per heavy atom. The lowest BCUT2D eigenvalue weighted by Gasteiger charge is -2.13. The van der Waals surface area contributed by atoms with Crippen LogP contribution in [-0.2, 0) is 9.47 Å². The van der Waals surface area contributed by atoms with E-state index < -0.39 is 11.9 Å². The number of halogens is 4. The number of aromatic hydroxyl groups is 1. The first-order valence-electron chi connectivity index (χ1n) is 16.5. The van der Waals surface area contributed by atoms with E-state index in [2.05, 4.69) is 47.9 Å². The van der Waals surface area contributed by atoms with E-state index >= 15 is 0 Å². The van der Waals surface area contributed by atoms with Crippen molar-refractivity contribution in [2.24, 2.45) is 0 Å². The van der Waals surface area contributed by atoms with Crippen LogP contribution >= 0.6 is 55.1 Å². The number of carbonyl (C=O) groups is 2. The van der Waals surface area contributed by atoms with Crippen molar-refractivity contribution < 1.29 is 28.9 Å². The Kier molecular flexibility index (Phi) is 13.4. The Labute approximate surface area is 324 Å². The monoisotopic (exact) mass is 856 g/mol. The molecule has 0 aliphatic heterocycles. The number of carbonyl (C=O) groups excluding carboxylic acids is 2. The number of phenols is 1. The number of hydrogen-bond acceptors (Lipinski definition) is 8. The summed E-state index contributed by atoms with van der Waals surface area (Å²) in [6.07, 6.45) is 5.49. The summed E-state index contributed by atoms with van der Waals surface area (Å²) in [6, 6.07) is 18.4. The number of aromatic nitrogens is 2. The first-order chi connectivity index (χ1) is 24.6. The molecule has 0 saturated carbocycles. The number of ether oxygens (including phenoxy) is 3. The van der Waals surface area contributed by atoms with Gasteiger partial charge < -0.3 is 19.3 Å². The van der Waals surface area contributed by atoms with Crippen LogP contribution in [0.15, 0.2) is 69.6 Å². The van der Waals surface area contributed by atoms with Gasteiger partial charge >= 0.3 is 11.9 Å². The van der Waals surface area contributed by atoms with Crippen LogP contribution in [-0.4, -0.2) is 47.3 Å². The molecule has 0 saturated heterocycles. The second-order valence-corrected chi connectivity index (χ2v) is 14.3. The number of pyridine rings is 2. The molecular weight excluding hydrogens is 823 g/mol. The van der Waals surface area contributed by atoms with Crippen LogP contribution in [0, 0.1) is 0 Å². The third-order valence-electron chi connectivity index (χ3n) is 8.45. The van der Waals surface area contributed by atoms with Crippen molar-refractivity contribution in [2.45, 2.75) is 52.4 Å². The summed E-state index contributed by atoms with van der Waals surface area (Å²) >= 11 is 19.2. The lowest BCUT2D eigenvalue weighted by molar-refractivity contribution is 0.0510. The lowest BCUT2D eigenvalue weighted by Crippen LogP contribution is -2.09. The zero-order chi connectivity index (χ0) is 36.7. The van der Waals surface area contributed by atoms with E-state index in [1.807, 2.05) is 24.3 Å². The first-order valence-corrected chi connectivity index (χ1v) is 18.8. The predicted octanol–water partition coefficient (Wildman–Crippen LogP) is 11.3. The van der Waals surface area contributed by atoms with Crippen molar-refractivity contribution in [2.75, 3.05) is 20.3 Å². The average Bonchev–Trinajstić information content (AvgIpc) is 3.81. The van der Waals surface area contributed by atoms with E-state index in [0.29, 0.717) is 10.7 Å². The lowest BCUT2D eigenvalue weighted by atomic mass is 9.99. The minimum absolute atomic E-state index is 0.123. The molecule has 8 nitrogen and oxygen atoms in total. The number of nitrogens with zero attached hydrogens (tertiary/aromatic N) is 2. The van der Waals surface area contributed by atoms with Gasteiger partial charge in [0.25, 0.3) is 0 Å². The largest absolute Gasteiger partial charge is 0.507 e. The quantitative estimate of drug-likeness (QED) is 0.166. The fourth-order valence-electron chi connectivity index (χ4n) is 6.22. The van der Waals surface area contributed by atoms with Crippen molar-refractivity contribution in [1.82, 2.24) is 9.97 Å². The molecule has 266 valence electrons. The highest BCUT2D eigenvalue weighted by molar-refractivity contribution is 9.10. The minimum atomic E-state index is -0.528. The van der Waals surface area contributed by atoms with Gasteiger partial charge in [-0.2, -0.15) is 0 Å². The molecule has 51 heavy (non-hydrogen) atoms. The van der Waals surface area contributed by atoms with Gasteiger partial charge in [0.1, 0.15) is 11.5 Å². The Bertz CT molecular complexity index is 2030. The topological polar surface area (TPSA) is 108 Å². The zero-order valence-electron chi connectivity index (χ0n) is 28.3. The van der Waals surface area contributed by atoms with Crippen LogP contribution in [0.5, 0.6) is 11.5 Å². The van der Waals surface area contributed by atoms with E-state index in [1.165, 1.54) is 5.57 Å². The fourth-order valence-corrected chi connectivity index (χ4v) is 7.31. The van der Waals surface area contributed by atoms with Crippen molar-refractivity contribution in [1.29, 1.82) is 0 Å². The highest BCUT2D eigenvalue weighted by Crippen LogP contribution is 2.44. The normalized spacial score (nSPS) is 13.9. The summed E-state index contributed by atoms with van der Waals surface area (Å²) in [5.74, 6) is 0.0266. The van der Waals surface area contributed by atoms with Gasteiger partial charge in [-0.3, -0.25) is 0 Å². The highest BCUT2D eigenvalue weighted by atomic mass is 79.9. The van der Waals surface area contributed by atoms with Crippen molar-refractivity contribution in [3.8, 4) is 11.5 Å².